The lowest BCUT2D eigenvalue weighted by Crippen LogP contribution is -2.60. The highest BCUT2D eigenvalue weighted by Gasteiger charge is 2.76. The van der Waals surface area contributed by atoms with Crippen LogP contribution in [-0.2, 0) is 19.1 Å². The molecule has 0 bridgehead atoms. The summed E-state index contributed by atoms with van der Waals surface area (Å²) in [5.41, 5.74) is -1.22. The smallest absolute Gasteiger partial charge is 0.253 e. The highest BCUT2D eigenvalue weighted by molar-refractivity contribution is 6.07. The molecule has 2 aromatic carbocycles. The maximum absolute atomic E-state index is 15.0. The molecule has 0 radical (unpaired) electrons. The predicted octanol–water partition coefficient (Wildman–Crippen LogP) is 4.37. The van der Waals surface area contributed by atoms with Gasteiger partial charge in [-0.3, -0.25) is 14.4 Å². The molecule has 4 aliphatic heterocycles. The van der Waals surface area contributed by atoms with Gasteiger partial charge in [0.1, 0.15) is 23.1 Å². The number of methoxy groups -OCH3 is 1. The molecule has 2 saturated heterocycles. The Balaban J connectivity index is 1.48. The molecule has 1 unspecified atom stereocenters. The summed E-state index contributed by atoms with van der Waals surface area (Å²) in [4.78, 5) is 49.6. The molecular formula is C37H45N3O7. The Morgan fingerprint density at radius 2 is 1.45 bits per heavy atom. The monoisotopic (exact) mass is 643 g/mol. The van der Waals surface area contributed by atoms with Crippen molar-refractivity contribution in [2.45, 2.75) is 63.8 Å². The van der Waals surface area contributed by atoms with Crippen LogP contribution in [0.5, 0.6) is 11.5 Å². The normalized spacial score (nSPS) is 29.6. The van der Waals surface area contributed by atoms with Crippen molar-refractivity contribution < 1.29 is 33.7 Å². The van der Waals surface area contributed by atoms with E-state index in [2.05, 4.69) is 0 Å². The number of aliphatic hydroxyl groups excluding tert-OH is 1. The molecule has 7 atom stereocenters. The minimum Gasteiger partial charge on any atom is -0.497 e. The van der Waals surface area contributed by atoms with Gasteiger partial charge in [-0.25, -0.2) is 0 Å². The zero-order valence-electron chi connectivity index (χ0n) is 27.8. The van der Waals surface area contributed by atoms with Crippen molar-refractivity contribution in [2.24, 2.45) is 17.8 Å². The molecule has 6 rings (SSSR count). The molecule has 1 N–H and O–H groups in total. The zero-order valence-corrected chi connectivity index (χ0v) is 27.8. The van der Waals surface area contributed by atoms with E-state index in [4.69, 9.17) is 14.2 Å². The first-order valence-corrected chi connectivity index (χ1v) is 16.7. The Bertz CT molecular complexity index is 1560. The first-order chi connectivity index (χ1) is 22.7. The minimum atomic E-state index is -1.43. The molecule has 1 spiro atoms. The summed E-state index contributed by atoms with van der Waals surface area (Å²) in [6.45, 7) is 8.59. The Morgan fingerprint density at radius 3 is 2.00 bits per heavy atom. The lowest BCUT2D eigenvalue weighted by atomic mass is 9.73. The molecule has 4 heterocycles. The van der Waals surface area contributed by atoms with E-state index in [-0.39, 0.29) is 36.8 Å². The van der Waals surface area contributed by atoms with Crippen LogP contribution in [0.4, 0.5) is 11.4 Å². The van der Waals surface area contributed by atoms with Crippen molar-refractivity contribution in [1.82, 2.24) is 4.90 Å². The second kappa shape index (κ2) is 12.8. The van der Waals surface area contributed by atoms with Gasteiger partial charge < -0.3 is 34.0 Å². The van der Waals surface area contributed by atoms with Crippen LogP contribution in [-0.4, -0.2) is 84.4 Å². The van der Waals surface area contributed by atoms with Crippen LogP contribution in [0.15, 0.2) is 72.8 Å². The van der Waals surface area contributed by atoms with Crippen molar-refractivity contribution in [3.63, 3.8) is 0 Å². The van der Waals surface area contributed by atoms with Crippen LogP contribution in [0, 0.1) is 17.8 Å². The van der Waals surface area contributed by atoms with Gasteiger partial charge in [0.25, 0.3) is 5.91 Å². The fourth-order valence-corrected chi connectivity index (χ4v) is 7.99. The van der Waals surface area contributed by atoms with Crippen molar-refractivity contribution >= 4 is 29.1 Å². The molecule has 0 saturated carbocycles. The van der Waals surface area contributed by atoms with Gasteiger partial charge in [-0.2, -0.15) is 0 Å². The lowest BCUT2D eigenvalue weighted by molar-refractivity contribution is -0.150. The number of nitrogens with zero attached hydrogens (tertiary/aromatic N) is 3. The van der Waals surface area contributed by atoms with Crippen molar-refractivity contribution in [3.8, 4) is 11.5 Å². The molecule has 2 fully saturated rings. The summed E-state index contributed by atoms with van der Waals surface area (Å²) < 4.78 is 18.1. The van der Waals surface area contributed by atoms with Crippen LogP contribution in [0.3, 0.4) is 0 Å². The van der Waals surface area contributed by atoms with Crippen molar-refractivity contribution in [3.05, 3.63) is 72.8 Å². The second-order valence-electron chi connectivity index (χ2n) is 12.8. The van der Waals surface area contributed by atoms with Gasteiger partial charge in [0.15, 0.2) is 0 Å². The number of hydrogen-bond donors (Lipinski definition) is 1. The van der Waals surface area contributed by atoms with E-state index in [1.165, 1.54) is 0 Å². The van der Waals surface area contributed by atoms with Crippen LogP contribution in [0.2, 0.25) is 0 Å². The van der Waals surface area contributed by atoms with Gasteiger partial charge in [0, 0.05) is 24.5 Å². The van der Waals surface area contributed by atoms with Crippen LogP contribution in [0.25, 0.3) is 0 Å². The van der Waals surface area contributed by atoms with Gasteiger partial charge in [-0.1, -0.05) is 51.5 Å². The van der Waals surface area contributed by atoms with Crippen molar-refractivity contribution in [2.75, 3.05) is 43.2 Å². The number of carbonyl (C=O) groups is 3. The number of aliphatic hydroxyl groups is 1. The number of fused-ring (bicyclic) bond motifs is 2. The Labute approximate surface area is 276 Å². The molecule has 0 aliphatic carbocycles. The maximum atomic E-state index is 15.0. The molecule has 10 heteroatoms. The molecule has 250 valence electrons. The fraction of sp³-hybridized carbons (Fsp3) is 0.486. The molecular weight excluding hydrogens is 598 g/mol. The SMILES string of the molecule is CCOc1ccc(N2CC=C[C@@]3(CC)O[C@]45C=CCN(c6ccc(OC)cc6)C(=O)C4N([C@@H](CO)[C@@H](C)CC)C(=O)[C@@H]5[C@H]3C2=O)cc1. The standard InChI is InChI=1S/C37H45N3O7/c1-6-24(4)29(23-41)40-32-35(44)39(26-11-15-27(45-5)16-12-26)22-10-20-37(32)31(34(40)43)30-33(42)38(21-9-19-36(30,7-2)47-37)25-13-17-28(18-14-25)46-8-3/h9-20,24,29-32,41H,6-8,21-23H2,1-5H3/t24-,29-,30-,31-,32?,36+,37-/m0/s1. The Morgan fingerprint density at radius 1 is 0.851 bits per heavy atom. The van der Waals surface area contributed by atoms with E-state index < -0.39 is 35.1 Å². The largest absolute Gasteiger partial charge is 0.497 e. The first kappa shape index (κ1) is 32.8. The van der Waals surface area contributed by atoms with Gasteiger partial charge >= 0.3 is 0 Å². The first-order valence-electron chi connectivity index (χ1n) is 16.7. The van der Waals surface area contributed by atoms with E-state index in [1.54, 1.807) is 33.9 Å². The van der Waals surface area contributed by atoms with E-state index in [1.807, 2.05) is 88.4 Å². The summed E-state index contributed by atoms with van der Waals surface area (Å²) in [5.74, 6) is -1.55. The Hall–Kier alpha value is -4.15. The number of benzene rings is 2. The Kier molecular flexibility index (Phi) is 8.93. The predicted molar refractivity (Wildman–Crippen MR) is 178 cm³/mol. The molecule has 47 heavy (non-hydrogen) atoms. The highest BCUT2D eigenvalue weighted by Crippen LogP contribution is 2.59. The van der Waals surface area contributed by atoms with Crippen LogP contribution in [0.1, 0.15) is 40.5 Å². The van der Waals surface area contributed by atoms with E-state index >= 15 is 0 Å². The summed E-state index contributed by atoms with van der Waals surface area (Å²) in [5, 5.41) is 10.7. The number of rotatable bonds is 10. The van der Waals surface area contributed by atoms with Crippen LogP contribution < -0.4 is 19.3 Å². The molecule has 2 aromatic rings. The van der Waals surface area contributed by atoms with Crippen LogP contribution >= 0.6 is 0 Å². The van der Waals surface area contributed by atoms with E-state index in [9.17, 15) is 19.5 Å². The summed E-state index contributed by atoms with van der Waals surface area (Å²) in [6, 6.07) is 12.8. The van der Waals surface area contributed by atoms with Crippen molar-refractivity contribution in [1.29, 1.82) is 0 Å². The fourth-order valence-electron chi connectivity index (χ4n) is 7.99. The molecule has 4 aliphatic rings. The third-order valence-corrected chi connectivity index (χ3v) is 10.6. The van der Waals surface area contributed by atoms with E-state index in [0.717, 1.165) is 0 Å². The number of carbonyl (C=O) groups excluding carboxylic acids is 3. The molecule has 3 amide bonds. The third-order valence-electron chi connectivity index (χ3n) is 10.6. The highest BCUT2D eigenvalue weighted by atomic mass is 16.5. The summed E-state index contributed by atoms with van der Waals surface area (Å²) in [7, 11) is 1.58. The quantitative estimate of drug-likeness (QED) is 0.383. The summed E-state index contributed by atoms with van der Waals surface area (Å²) >= 11 is 0. The van der Waals surface area contributed by atoms with Gasteiger partial charge in [-0.05, 0) is 67.8 Å². The average Bonchev–Trinajstić information content (AvgIpc) is 3.38. The van der Waals surface area contributed by atoms with Gasteiger partial charge in [0.05, 0.1) is 43.8 Å². The minimum absolute atomic E-state index is 0.115. The number of ether oxygens (including phenoxy) is 3. The third kappa shape index (κ3) is 5.13. The zero-order chi connectivity index (χ0) is 33.5. The number of amides is 3. The molecule has 10 nitrogen and oxygen atoms in total. The maximum Gasteiger partial charge on any atom is 0.253 e. The average molecular weight is 644 g/mol. The van der Waals surface area contributed by atoms with Gasteiger partial charge in [-0.15, -0.1) is 0 Å². The number of anilines is 2. The van der Waals surface area contributed by atoms with Gasteiger partial charge in [0.2, 0.25) is 11.8 Å². The number of likely N-dealkylation sites (tertiary alicyclic amines) is 1. The number of hydrogen-bond acceptors (Lipinski definition) is 7. The lowest BCUT2D eigenvalue weighted by Gasteiger charge is -2.42. The topological polar surface area (TPSA) is 109 Å². The molecule has 0 aromatic heterocycles. The summed E-state index contributed by atoms with van der Waals surface area (Å²) in [6.07, 6.45) is 8.68. The van der Waals surface area contributed by atoms with E-state index in [0.29, 0.717) is 48.9 Å². The second-order valence-corrected chi connectivity index (χ2v) is 12.8.